The van der Waals surface area contributed by atoms with E-state index in [9.17, 15) is 4.79 Å². The van der Waals surface area contributed by atoms with Crippen molar-refractivity contribution in [2.45, 2.75) is 37.8 Å². The number of aromatic nitrogens is 3. The number of hydrogen-bond acceptors (Lipinski definition) is 5. The number of aromatic amines is 1. The summed E-state index contributed by atoms with van der Waals surface area (Å²) in [4.78, 5) is 16.7. The van der Waals surface area contributed by atoms with E-state index >= 15 is 0 Å². The number of hydrogen-bond donors (Lipinski definition) is 2. The van der Waals surface area contributed by atoms with E-state index in [-0.39, 0.29) is 11.2 Å². The van der Waals surface area contributed by atoms with Crippen LogP contribution in [-0.2, 0) is 11.4 Å². The molecular weight excluding hydrogens is 360 g/mol. The molecule has 0 saturated carbocycles. The van der Waals surface area contributed by atoms with Crippen LogP contribution < -0.4 is 10.1 Å². The molecular formula is C20H22N4O2S. The average Bonchev–Trinajstić information content (AvgIpc) is 3.10. The number of carbonyl (C=O) groups excluding carboxylic acids is 1. The number of benzene rings is 2. The molecule has 7 heteroatoms. The average molecular weight is 382 g/mol. The van der Waals surface area contributed by atoms with Gasteiger partial charge in [0.1, 0.15) is 12.4 Å². The molecule has 0 radical (unpaired) electrons. The molecule has 3 aromatic rings. The number of H-pyrrole nitrogens is 1. The van der Waals surface area contributed by atoms with E-state index in [1.165, 1.54) is 11.8 Å². The molecule has 0 bridgehead atoms. The number of nitrogens with one attached hydrogen (secondary N) is 2. The molecule has 0 fully saturated rings. The Hall–Kier alpha value is -2.80. The fraction of sp³-hybridized carbons (Fsp3) is 0.250. The molecule has 27 heavy (non-hydrogen) atoms. The van der Waals surface area contributed by atoms with Gasteiger partial charge in [0.15, 0.2) is 5.82 Å². The fourth-order valence-electron chi connectivity index (χ4n) is 2.35. The number of aryl methyl sites for hydroxylation is 2. The monoisotopic (exact) mass is 382 g/mol. The molecule has 1 atom stereocenters. The minimum atomic E-state index is -0.327. The highest BCUT2D eigenvalue weighted by Gasteiger charge is 2.17. The second-order valence-corrected chi connectivity index (χ2v) is 7.54. The largest absolute Gasteiger partial charge is 0.485 e. The third kappa shape index (κ3) is 5.34. The highest BCUT2D eigenvalue weighted by atomic mass is 32.2. The van der Waals surface area contributed by atoms with Crippen LogP contribution in [0.1, 0.15) is 23.9 Å². The summed E-state index contributed by atoms with van der Waals surface area (Å²) >= 11 is 1.30. The van der Waals surface area contributed by atoms with Crippen molar-refractivity contribution in [3.63, 3.8) is 0 Å². The molecule has 0 aliphatic carbocycles. The van der Waals surface area contributed by atoms with Gasteiger partial charge in [0, 0.05) is 5.69 Å². The molecule has 2 aromatic carbocycles. The van der Waals surface area contributed by atoms with Crippen molar-refractivity contribution < 1.29 is 9.53 Å². The summed E-state index contributed by atoms with van der Waals surface area (Å²) in [5.74, 6) is 1.34. The van der Waals surface area contributed by atoms with Gasteiger partial charge in [-0.05, 0) is 44.5 Å². The molecule has 1 heterocycles. The molecule has 0 unspecified atom stereocenters. The van der Waals surface area contributed by atoms with Crippen LogP contribution in [-0.4, -0.2) is 26.3 Å². The minimum absolute atomic E-state index is 0.0913. The van der Waals surface area contributed by atoms with Crippen molar-refractivity contribution in [2.24, 2.45) is 0 Å². The van der Waals surface area contributed by atoms with Gasteiger partial charge in [0.05, 0.1) is 5.25 Å². The van der Waals surface area contributed by atoms with Crippen LogP contribution in [0.4, 0.5) is 5.69 Å². The molecule has 0 aliphatic rings. The summed E-state index contributed by atoms with van der Waals surface area (Å²) in [5.41, 5.74) is 2.99. The maximum Gasteiger partial charge on any atom is 0.237 e. The van der Waals surface area contributed by atoms with Gasteiger partial charge in [-0.15, -0.1) is 5.10 Å². The predicted molar refractivity (Wildman–Crippen MR) is 107 cm³/mol. The van der Waals surface area contributed by atoms with Crippen LogP contribution in [0.25, 0.3) is 0 Å². The highest BCUT2D eigenvalue weighted by Crippen LogP contribution is 2.22. The van der Waals surface area contributed by atoms with E-state index in [1.54, 1.807) is 0 Å². The van der Waals surface area contributed by atoms with Crippen molar-refractivity contribution in [1.29, 1.82) is 0 Å². The summed E-state index contributed by atoms with van der Waals surface area (Å²) in [5, 5.41) is 10.1. The fourth-order valence-corrected chi connectivity index (χ4v) is 3.10. The Morgan fingerprint density at radius 3 is 2.67 bits per heavy atom. The molecule has 1 amide bonds. The molecule has 140 valence electrons. The second kappa shape index (κ2) is 8.73. The van der Waals surface area contributed by atoms with Crippen LogP contribution in [0, 0.1) is 13.8 Å². The van der Waals surface area contributed by atoms with E-state index in [4.69, 9.17) is 4.74 Å². The van der Waals surface area contributed by atoms with Gasteiger partial charge in [-0.25, -0.2) is 4.98 Å². The number of thioether (sulfide) groups is 1. The normalized spacial score (nSPS) is 11.8. The van der Waals surface area contributed by atoms with Gasteiger partial charge in [-0.1, -0.05) is 47.7 Å². The Kier molecular flexibility index (Phi) is 6.13. The van der Waals surface area contributed by atoms with Gasteiger partial charge < -0.3 is 10.1 Å². The number of rotatable bonds is 7. The SMILES string of the molecule is Cc1ccc(NC(=O)[C@@H](C)Sc2n[nH]c(COc3ccccc3C)n2)cc1. The summed E-state index contributed by atoms with van der Waals surface area (Å²) in [7, 11) is 0. The molecule has 0 spiro atoms. The van der Waals surface area contributed by atoms with Gasteiger partial charge >= 0.3 is 0 Å². The van der Waals surface area contributed by atoms with Crippen molar-refractivity contribution in [2.75, 3.05) is 5.32 Å². The summed E-state index contributed by atoms with van der Waals surface area (Å²) < 4.78 is 5.75. The topological polar surface area (TPSA) is 79.9 Å². The Labute approximate surface area is 162 Å². The lowest BCUT2D eigenvalue weighted by molar-refractivity contribution is -0.115. The van der Waals surface area contributed by atoms with Crippen LogP contribution >= 0.6 is 11.8 Å². The van der Waals surface area contributed by atoms with Crippen LogP contribution in [0.5, 0.6) is 5.75 Å². The number of carbonyl (C=O) groups is 1. The first-order chi connectivity index (χ1) is 13.0. The number of para-hydroxylation sites is 1. The maximum absolute atomic E-state index is 12.3. The highest BCUT2D eigenvalue weighted by molar-refractivity contribution is 8.00. The molecule has 6 nitrogen and oxygen atoms in total. The van der Waals surface area contributed by atoms with E-state index in [0.29, 0.717) is 17.6 Å². The first-order valence-electron chi connectivity index (χ1n) is 8.65. The van der Waals surface area contributed by atoms with Crippen molar-refractivity contribution in [1.82, 2.24) is 15.2 Å². The predicted octanol–water partition coefficient (Wildman–Crippen LogP) is 4.12. The zero-order valence-corrected chi connectivity index (χ0v) is 16.3. The van der Waals surface area contributed by atoms with Crippen LogP contribution in [0.15, 0.2) is 53.7 Å². The second-order valence-electron chi connectivity index (χ2n) is 6.23. The number of nitrogens with zero attached hydrogens (tertiary/aromatic N) is 2. The third-order valence-corrected chi connectivity index (χ3v) is 4.90. The third-order valence-electron chi connectivity index (χ3n) is 3.94. The van der Waals surface area contributed by atoms with E-state index in [1.807, 2.05) is 69.3 Å². The molecule has 2 N–H and O–H groups in total. The first kappa shape index (κ1) is 19.0. The zero-order chi connectivity index (χ0) is 19.2. The molecule has 0 aliphatic heterocycles. The Morgan fingerprint density at radius 1 is 1.19 bits per heavy atom. The Morgan fingerprint density at radius 2 is 1.93 bits per heavy atom. The van der Waals surface area contributed by atoms with E-state index in [0.717, 1.165) is 22.6 Å². The van der Waals surface area contributed by atoms with Crippen LogP contribution in [0.3, 0.4) is 0 Å². The minimum Gasteiger partial charge on any atom is -0.485 e. The van der Waals surface area contributed by atoms with E-state index in [2.05, 4.69) is 20.5 Å². The van der Waals surface area contributed by atoms with Crippen molar-refractivity contribution in [3.8, 4) is 5.75 Å². The molecule has 3 rings (SSSR count). The van der Waals surface area contributed by atoms with Crippen molar-refractivity contribution in [3.05, 3.63) is 65.5 Å². The lowest BCUT2D eigenvalue weighted by Gasteiger charge is -2.10. The standard InChI is InChI=1S/C20H22N4O2S/c1-13-8-10-16(11-9-13)21-19(25)15(3)27-20-22-18(23-24-20)12-26-17-7-5-4-6-14(17)2/h4-11,15H,12H2,1-3H3,(H,21,25)(H,22,23,24)/t15-/m1/s1. The summed E-state index contributed by atoms with van der Waals surface area (Å²) in [6.45, 7) is 6.12. The number of anilines is 1. The molecule has 0 saturated heterocycles. The first-order valence-corrected chi connectivity index (χ1v) is 9.53. The van der Waals surface area contributed by atoms with Gasteiger partial charge in [0.25, 0.3) is 0 Å². The van der Waals surface area contributed by atoms with Gasteiger partial charge in [-0.2, -0.15) is 0 Å². The smallest absolute Gasteiger partial charge is 0.237 e. The number of ether oxygens (including phenoxy) is 1. The van der Waals surface area contributed by atoms with Gasteiger partial charge in [0.2, 0.25) is 11.1 Å². The lowest BCUT2D eigenvalue weighted by Crippen LogP contribution is -2.22. The maximum atomic E-state index is 12.3. The van der Waals surface area contributed by atoms with Crippen LogP contribution in [0.2, 0.25) is 0 Å². The Balaban J connectivity index is 1.52. The lowest BCUT2D eigenvalue weighted by atomic mass is 10.2. The van der Waals surface area contributed by atoms with Crippen molar-refractivity contribution >= 4 is 23.4 Å². The zero-order valence-electron chi connectivity index (χ0n) is 15.5. The van der Waals surface area contributed by atoms with Gasteiger partial charge in [-0.3, -0.25) is 9.89 Å². The quantitative estimate of drug-likeness (QED) is 0.601. The van der Waals surface area contributed by atoms with E-state index < -0.39 is 0 Å². The summed E-state index contributed by atoms with van der Waals surface area (Å²) in [6.07, 6.45) is 0. The molecule has 1 aromatic heterocycles. The Bertz CT molecular complexity index is 908. The summed E-state index contributed by atoms with van der Waals surface area (Å²) in [6, 6.07) is 15.5. The number of amides is 1.